The summed E-state index contributed by atoms with van der Waals surface area (Å²) >= 11 is 5.90. The number of carbonyl (C=O) groups excluding carboxylic acids is 1. The third-order valence-electron chi connectivity index (χ3n) is 3.16. The van der Waals surface area contributed by atoms with Gasteiger partial charge < -0.3 is 10.6 Å². The van der Waals surface area contributed by atoms with Gasteiger partial charge in [-0.1, -0.05) is 17.7 Å². The molecule has 0 aliphatic heterocycles. The molecule has 5 nitrogen and oxygen atoms in total. The molecular formula is C17H11ClF2N4O. The number of aromatic nitrogens is 2. The molecule has 0 radical (unpaired) electrons. The Balaban J connectivity index is 1.68. The fourth-order valence-electron chi connectivity index (χ4n) is 1.99. The maximum absolute atomic E-state index is 13.1. The van der Waals surface area contributed by atoms with Crippen molar-refractivity contribution >= 4 is 34.7 Å². The van der Waals surface area contributed by atoms with Crippen LogP contribution >= 0.6 is 11.6 Å². The van der Waals surface area contributed by atoms with Crippen molar-refractivity contribution in [1.29, 1.82) is 0 Å². The number of hydrogen-bond acceptors (Lipinski definition) is 4. The lowest BCUT2D eigenvalue weighted by Crippen LogP contribution is -2.14. The van der Waals surface area contributed by atoms with E-state index in [-0.39, 0.29) is 11.4 Å². The standard InChI is InChI=1S/C17H11ClF2N4O/c18-10-2-1-3-11(6-10)23-16-9-21-15(8-22-16)17(25)24-12-4-5-13(19)14(20)7-12/h1-9H,(H,22,23)(H,24,25). The van der Waals surface area contributed by atoms with Crippen LogP contribution in [0.4, 0.5) is 26.0 Å². The highest BCUT2D eigenvalue weighted by Crippen LogP contribution is 2.18. The minimum Gasteiger partial charge on any atom is -0.339 e. The minimum atomic E-state index is -1.05. The maximum Gasteiger partial charge on any atom is 0.275 e. The number of carbonyl (C=O) groups is 1. The third kappa shape index (κ3) is 4.27. The zero-order valence-electron chi connectivity index (χ0n) is 12.6. The summed E-state index contributed by atoms with van der Waals surface area (Å²) in [5.74, 6) is -2.21. The largest absolute Gasteiger partial charge is 0.339 e. The Kier molecular flexibility index (Phi) is 4.85. The molecular weight excluding hydrogens is 350 g/mol. The van der Waals surface area contributed by atoms with Gasteiger partial charge in [0.1, 0.15) is 11.5 Å². The van der Waals surface area contributed by atoms with Crippen molar-refractivity contribution in [3.05, 3.63) is 77.2 Å². The number of benzene rings is 2. The average Bonchev–Trinajstić information content (AvgIpc) is 2.59. The van der Waals surface area contributed by atoms with Crippen LogP contribution in [0.1, 0.15) is 10.5 Å². The lowest BCUT2D eigenvalue weighted by atomic mass is 10.3. The van der Waals surface area contributed by atoms with E-state index in [4.69, 9.17) is 11.6 Å². The summed E-state index contributed by atoms with van der Waals surface area (Å²) in [5, 5.41) is 5.98. The lowest BCUT2D eigenvalue weighted by Gasteiger charge is -2.07. The van der Waals surface area contributed by atoms with E-state index >= 15 is 0 Å². The Morgan fingerprint density at radius 3 is 2.48 bits per heavy atom. The van der Waals surface area contributed by atoms with E-state index in [0.717, 1.165) is 17.8 Å². The van der Waals surface area contributed by atoms with Gasteiger partial charge in [0.2, 0.25) is 0 Å². The van der Waals surface area contributed by atoms with Crippen LogP contribution in [0.25, 0.3) is 0 Å². The van der Waals surface area contributed by atoms with Crippen molar-refractivity contribution in [2.24, 2.45) is 0 Å². The maximum atomic E-state index is 13.1. The van der Waals surface area contributed by atoms with E-state index in [2.05, 4.69) is 20.6 Å². The van der Waals surface area contributed by atoms with Crippen molar-refractivity contribution in [2.75, 3.05) is 10.6 Å². The Morgan fingerprint density at radius 2 is 1.80 bits per heavy atom. The van der Waals surface area contributed by atoms with E-state index in [1.807, 2.05) is 0 Å². The number of rotatable bonds is 4. The van der Waals surface area contributed by atoms with E-state index < -0.39 is 17.5 Å². The molecule has 1 heterocycles. The Bertz CT molecular complexity index is 919. The second kappa shape index (κ2) is 7.23. The van der Waals surface area contributed by atoms with Gasteiger partial charge in [-0.3, -0.25) is 4.79 Å². The molecule has 2 aromatic carbocycles. The van der Waals surface area contributed by atoms with Gasteiger partial charge in [0.05, 0.1) is 12.4 Å². The second-order valence-corrected chi connectivity index (χ2v) is 5.44. The molecule has 0 bridgehead atoms. The van der Waals surface area contributed by atoms with Crippen LogP contribution in [0.3, 0.4) is 0 Å². The monoisotopic (exact) mass is 360 g/mol. The Morgan fingerprint density at radius 1 is 0.960 bits per heavy atom. The first kappa shape index (κ1) is 16.8. The highest BCUT2D eigenvalue weighted by molar-refractivity contribution is 6.30. The molecule has 0 aliphatic rings. The van der Waals surface area contributed by atoms with Crippen LogP contribution in [0.15, 0.2) is 54.9 Å². The van der Waals surface area contributed by atoms with Gasteiger partial charge in [-0.25, -0.2) is 18.7 Å². The molecule has 25 heavy (non-hydrogen) atoms. The highest BCUT2D eigenvalue weighted by Gasteiger charge is 2.10. The predicted octanol–water partition coefficient (Wildman–Crippen LogP) is 4.40. The summed E-state index contributed by atoms with van der Waals surface area (Å²) in [6.45, 7) is 0. The molecule has 1 amide bonds. The van der Waals surface area contributed by atoms with Crippen molar-refractivity contribution in [2.45, 2.75) is 0 Å². The zero-order valence-corrected chi connectivity index (χ0v) is 13.4. The fraction of sp³-hybridized carbons (Fsp3) is 0. The quantitative estimate of drug-likeness (QED) is 0.723. The molecule has 0 fully saturated rings. The zero-order chi connectivity index (χ0) is 17.8. The van der Waals surface area contributed by atoms with E-state index in [1.165, 1.54) is 18.5 Å². The molecule has 0 aliphatic carbocycles. The molecule has 126 valence electrons. The molecule has 2 N–H and O–H groups in total. The summed E-state index contributed by atoms with van der Waals surface area (Å²) in [7, 11) is 0. The van der Waals surface area contributed by atoms with E-state index in [9.17, 15) is 13.6 Å². The molecule has 3 aromatic rings. The normalized spacial score (nSPS) is 10.4. The van der Waals surface area contributed by atoms with Gasteiger partial charge in [-0.2, -0.15) is 0 Å². The first-order chi connectivity index (χ1) is 12.0. The summed E-state index contributed by atoms with van der Waals surface area (Å²) in [6.07, 6.45) is 2.64. The minimum absolute atomic E-state index is 0.0291. The van der Waals surface area contributed by atoms with Gasteiger partial charge in [0.25, 0.3) is 5.91 Å². The number of nitrogens with zero attached hydrogens (tertiary/aromatic N) is 2. The topological polar surface area (TPSA) is 66.9 Å². The number of anilines is 3. The van der Waals surface area contributed by atoms with Crippen LogP contribution in [0, 0.1) is 11.6 Å². The van der Waals surface area contributed by atoms with Gasteiger partial charge in [-0.05, 0) is 30.3 Å². The van der Waals surface area contributed by atoms with Crippen molar-refractivity contribution in [3.63, 3.8) is 0 Å². The molecule has 0 atom stereocenters. The number of amides is 1. The predicted molar refractivity (Wildman–Crippen MR) is 91.1 cm³/mol. The smallest absolute Gasteiger partial charge is 0.275 e. The number of hydrogen-bond donors (Lipinski definition) is 2. The first-order valence-electron chi connectivity index (χ1n) is 7.12. The summed E-state index contributed by atoms with van der Waals surface area (Å²) < 4.78 is 26.0. The second-order valence-electron chi connectivity index (χ2n) is 5.01. The van der Waals surface area contributed by atoms with Crippen LogP contribution in [-0.2, 0) is 0 Å². The molecule has 8 heteroatoms. The van der Waals surface area contributed by atoms with E-state index in [1.54, 1.807) is 24.3 Å². The Labute approximate surface area is 146 Å². The Hall–Kier alpha value is -3.06. The molecule has 0 saturated heterocycles. The van der Waals surface area contributed by atoms with Crippen LogP contribution in [0.5, 0.6) is 0 Å². The summed E-state index contributed by atoms with van der Waals surface area (Å²) in [4.78, 5) is 20.1. The summed E-state index contributed by atoms with van der Waals surface area (Å²) in [5.41, 5.74) is 0.869. The van der Waals surface area contributed by atoms with Crippen molar-refractivity contribution in [3.8, 4) is 0 Å². The van der Waals surface area contributed by atoms with Crippen LogP contribution in [-0.4, -0.2) is 15.9 Å². The van der Waals surface area contributed by atoms with Gasteiger partial charge >= 0.3 is 0 Å². The van der Waals surface area contributed by atoms with Gasteiger partial charge in [0.15, 0.2) is 11.6 Å². The van der Waals surface area contributed by atoms with Crippen molar-refractivity contribution < 1.29 is 13.6 Å². The van der Waals surface area contributed by atoms with Gasteiger partial charge in [-0.15, -0.1) is 0 Å². The number of halogens is 3. The van der Waals surface area contributed by atoms with E-state index in [0.29, 0.717) is 10.8 Å². The molecule has 0 saturated carbocycles. The van der Waals surface area contributed by atoms with Crippen LogP contribution < -0.4 is 10.6 Å². The van der Waals surface area contributed by atoms with Crippen LogP contribution in [0.2, 0.25) is 5.02 Å². The first-order valence-corrected chi connectivity index (χ1v) is 7.50. The third-order valence-corrected chi connectivity index (χ3v) is 3.39. The molecule has 0 unspecified atom stereocenters. The number of nitrogens with one attached hydrogen (secondary N) is 2. The molecule has 3 rings (SSSR count). The highest BCUT2D eigenvalue weighted by atomic mass is 35.5. The van der Waals surface area contributed by atoms with Crippen molar-refractivity contribution in [1.82, 2.24) is 9.97 Å². The van der Waals surface area contributed by atoms with Gasteiger partial charge in [0, 0.05) is 22.5 Å². The average molecular weight is 361 g/mol. The lowest BCUT2D eigenvalue weighted by molar-refractivity contribution is 0.102. The SMILES string of the molecule is O=C(Nc1ccc(F)c(F)c1)c1cnc(Nc2cccc(Cl)c2)cn1. The fourth-order valence-corrected chi connectivity index (χ4v) is 2.18. The summed E-state index contributed by atoms with van der Waals surface area (Å²) in [6, 6.07) is 10.1. The molecule has 1 aromatic heterocycles. The molecule has 0 spiro atoms.